The molecule has 0 radical (unpaired) electrons. The van der Waals surface area contributed by atoms with Gasteiger partial charge < -0.3 is 15.0 Å². The van der Waals surface area contributed by atoms with Gasteiger partial charge in [0.2, 0.25) is 11.9 Å². The average molecular weight is 292 g/mol. The van der Waals surface area contributed by atoms with Crippen molar-refractivity contribution in [2.24, 2.45) is 0 Å². The molecule has 0 spiro atoms. The van der Waals surface area contributed by atoms with E-state index in [9.17, 15) is 0 Å². The third-order valence-corrected chi connectivity index (χ3v) is 2.68. The zero-order valence-electron chi connectivity index (χ0n) is 12.7. The first kappa shape index (κ1) is 15.1. The van der Waals surface area contributed by atoms with Crippen LogP contribution >= 0.6 is 0 Å². The molecule has 1 N–H and O–H groups in total. The summed E-state index contributed by atoms with van der Waals surface area (Å²) in [5, 5.41) is 6.95. The van der Waals surface area contributed by atoms with Crippen LogP contribution in [0.4, 0.5) is 11.9 Å². The molecule has 9 nitrogen and oxygen atoms in total. The first-order valence-corrected chi connectivity index (χ1v) is 6.71. The molecule has 9 heteroatoms. The SMILES string of the molecule is CNc1nc(N(C)CCOC(C)C)nc(-n2cncn2)n1. The summed E-state index contributed by atoms with van der Waals surface area (Å²) in [5.74, 6) is 1.44. The standard InChI is InChI=1S/C12H20N8O/c1-9(2)21-6-5-19(4)11-16-10(13-3)17-12(18-11)20-8-14-7-15-20/h7-9H,5-6H2,1-4H3,(H,13,16,17,18). The molecule has 0 fully saturated rings. The minimum Gasteiger partial charge on any atom is -0.377 e. The predicted octanol–water partition coefficient (Wildman–Crippen LogP) is 0.355. The lowest BCUT2D eigenvalue weighted by molar-refractivity contribution is 0.0844. The molecule has 21 heavy (non-hydrogen) atoms. The zero-order chi connectivity index (χ0) is 15.2. The van der Waals surface area contributed by atoms with Gasteiger partial charge in [-0.3, -0.25) is 0 Å². The maximum absolute atomic E-state index is 5.54. The molecule has 0 aromatic carbocycles. The van der Waals surface area contributed by atoms with E-state index in [1.165, 1.54) is 11.0 Å². The van der Waals surface area contributed by atoms with Crippen molar-refractivity contribution in [3.05, 3.63) is 12.7 Å². The van der Waals surface area contributed by atoms with Crippen LogP contribution in [0.25, 0.3) is 5.95 Å². The van der Waals surface area contributed by atoms with Gasteiger partial charge in [-0.25, -0.2) is 4.98 Å². The van der Waals surface area contributed by atoms with E-state index in [0.29, 0.717) is 31.0 Å². The summed E-state index contributed by atoms with van der Waals surface area (Å²) in [6.07, 6.45) is 3.18. The van der Waals surface area contributed by atoms with Crippen molar-refractivity contribution < 1.29 is 4.74 Å². The second kappa shape index (κ2) is 6.93. The quantitative estimate of drug-likeness (QED) is 0.781. The molecular formula is C12H20N8O. The van der Waals surface area contributed by atoms with E-state index in [2.05, 4.69) is 30.4 Å². The summed E-state index contributed by atoms with van der Waals surface area (Å²) in [5.41, 5.74) is 0. The van der Waals surface area contributed by atoms with Gasteiger partial charge in [0.25, 0.3) is 5.95 Å². The van der Waals surface area contributed by atoms with Crippen LogP contribution in [0.5, 0.6) is 0 Å². The smallest absolute Gasteiger partial charge is 0.258 e. The minimum atomic E-state index is 0.204. The Balaban J connectivity index is 2.16. The zero-order valence-corrected chi connectivity index (χ0v) is 12.7. The van der Waals surface area contributed by atoms with Crippen LogP contribution in [0.2, 0.25) is 0 Å². The Bertz CT molecular complexity index is 556. The number of likely N-dealkylation sites (N-methyl/N-ethyl adjacent to an activating group) is 1. The highest BCUT2D eigenvalue weighted by atomic mass is 16.5. The molecule has 0 aliphatic heterocycles. The van der Waals surface area contributed by atoms with E-state index in [1.807, 2.05) is 25.8 Å². The van der Waals surface area contributed by atoms with Crippen molar-refractivity contribution in [3.8, 4) is 5.95 Å². The minimum absolute atomic E-state index is 0.204. The molecule has 0 aliphatic carbocycles. The van der Waals surface area contributed by atoms with Gasteiger partial charge in [0.1, 0.15) is 12.7 Å². The summed E-state index contributed by atoms with van der Waals surface area (Å²) in [7, 11) is 3.66. The Morgan fingerprint density at radius 3 is 2.76 bits per heavy atom. The molecule has 2 rings (SSSR count). The van der Waals surface area contributed by atoms with Gasteiger partial charge in [0.15, 0.2) is 0 Å². The van der Waals surface area contributed by atoms with Crippen LogP contribution < -0.4 is 10.2 Å². The van der Waals surface area contributed by atoms with E-state index in [-0.39, 0.29) is 6.10 Å². The second-order valence-corrected chi connectivity index (χ2v) is 4.69. The van der Waals surface area contributed by atoms with Crippen LogP contribution in [0.1, 0.15) is 13.8 Å². The molecule has 0 saturated carbocycles. The number of aromatic nitrogens is 6. The van der Waals surface area contributed by atoms with Crippen molar-refractivity contribution in [1.29, 1.82) is 0 Å². The Morgan fingerprint density at radius 1 is 1.33 bits per heavy atom. The molecule has 2 heterocycles. The fraction of sp³-hybridized carbons (Fsp3) is 0.583. The molecule has 0 saturated heterocycles. The van der Waals surface area contributed by atoms with Gasteiger partial charge in [-0.1, -0.05) is 0 Å². The molecule has 0 bridgehead atoms. The van der Waals surface area contributed by atoms with Gasteiger partial charge in [-0.05, 0) is 13.8 Å². The van der Waals surface area contributed by atoms with Gasteiger partial charge in [0, 0.05) is 20.6 Å². The van der Waals surface area contributed by atoms with E-state index in [1.54, 1.807) is 13.4 Å². The Hall–Kier alpha value is -2.29. The lowest BCUT2D eigenvalue weighted by atomic mass is 10.5. The van der Waals surface area contributed by atoms with Crippen molar-refractivity contribution in [1.82, 2.24) is 29.7 Å². The largest absolute Gasteiger partial charge is 0.377 e. The Labute approximate surface area is 123 Å². The number of hydrogen-bond acceptors (Lipinski definition) is 8. The fourth-order valence-electron chi connectivity index (χ4n) is 1.58. The van der Waals surface area contributed by atoms with Crippen LogP contribution in [0.3, 0.4) is 0 Å². The first-order chi connectivity index (χ1) is 10.1. The summed E-state index contributed by atoms with van der Waals surface area (Å²) in [6.45, 7) is 5.30. The average Bonchev–Trinajstić information content (AvgIpc) is 3.00. The number of ether oxygens (including phenoxy) is 1. The lowest BCUT2D eigenvalue weighted by Gasteiger charge is -2.18. The highest BCUT2D eigenvalue weighted by Gasteiger charge is 2.11. The second-order valence-electron chi connectivity index (χ2n) is 4.69. The maximum atomic E-state index is 5.54. The van der Waals surface area contributed by atoms with Crippen LogP contribution in [-0.2, 0) is 4.74 Å². The van der Waals surface area contributed by atoms with Crippen molar-refractivity contribution in [2.75, 3.05) is 37.5 Å². The maximum Gasteiger partial charge on any atom is 0.258 e. The normalized spacial score (nSPS) is 10.9. The van der Waals surface area contributed by atoms with Crippen molar-refractivity contribution >= 4 is 11.9 Å². The Morgan fingerprint density at radius 2 is 2.14 bits per heavy atom. The third-order valence-electron chi connectivity index (χ3n) is 2.68. The summed E-state index contributed by atoms with van der Waals surface area (Å²) >= 11 is 0. The third kappa shape index (κ3) is 4.09. The van der Waals surface area contributed by atoms with Crippen LogP contribution in [-0.4, -0.2) is 63.1 Å². The van der Waals surface area contributed by atoms with Crippen molar-refractivity contribution in [3.63, 3.8) is 0 Å². The summed E-state index contributed by atoms with van der Waals surface area (Å²) < 4.78 is 7.03. The molecule has 2 aromatic heterocycles. The summed E-state index contributed by atoms with van der Waals surface area (Å²) in [6, 6.07) is 0. The fourth-order valence-corrected chi connectivity index (χ4v) is 1.58. The van der Waals surface area contributed by atoms with Crippen molar-refractivity contribution in [2.45, 2.75) is 20.0 Å². The molecule has 0 amide bonds. The first-order valence-electron chi connectivity index (χ1n) is 6.71. The van der Waals surface area contributed by atoms with E-state index < -0.39 is 0 Å². The number of anilines is 2. The van der Waals surface area contributed by atoms with E-state index >= 15 is 0 Å². The van der Waals surface area contributed by atoms with E-state index in [0.717, 1.165) is 0 Å². The molecule has 2 aromatic rings. The Kier molecular flexibility index (Phi) is 4.99. The molecule has 0 aliphatic rings. The van der Waals surface area contributed by atoms with Gasteiger partial charge in [0.05, 0.1) is 12.7 Å². The van der Waals surface area contributed by atoms with Gasteiger partial charge >= 0.3 is 0 Å². The van der Waals surface area contributed by atoms with Crippen LogP contribution in [0.15, 0.2) is 12.7 Å². The summed E-state index contributed by atoms with van der Waals surface area (Å²) in [4.78, 5) is 18.8. The number of hydrogen-bond donors (Lipinski definition) is 1. The molecule has 0 unspecified atom stereocenters. The monoisotopic (exact) mass is 292 g/mol. The molecular weight excluding hydrogens is 272 g/mol. The van der Waals surface area contributed by atoms with Crippen LogP contribution in [0, 0.1) is 0 Å². The molecule has 114 valence electrons. The van der Waals surface area contributed by atoms with Gasteiger partial charge in [-0.15, -0.1) is 0 Å². The van der Waals surface area contributed by atoms with E-state index in [4.69, 9.17) is 4.74 Å². The lowest BCUT2D eigenvalue weighted by Crippen LogP contribution is -2.26. The molecule has 0 atom stereocenters. The number of nitrogens with zero attached hydrogens (tertiary/aromatic N) is 7. The predicted molar refractivity (Wildman–Crippen MR) is 78.6 cm³/mol. The number of rotatable bonds is 7. The van der Waals surface area contributed by atoms with Gasteiger partial charge in [-0.2, -0.15) is 24.7 Å². The topological polar surface area (TPSA) is 93.9 Å². The highest BCUT2D eigenvalue weighted by molar-refractivity contribution is 5.38. The number of nitrogens with one attached hydrogen (secondary N) is 1. The highest BCUT2D eigenvalue weighted by Crippen LogP contribution is 2.11.